The monoisotopic (exact) mass is 277 g/mol. The predicted molar refractivity (Wildman–Crippen MR) is 84.3 cm³/mol. The van der Waals surface area contributed by atoms with E-state index >= 15 is 0 Å². The second-order valence-corrected chi connectivity index (χ2v) is 5.66. The number of amides is 1. The van der Waals surface area contributed by atoms with E-state index in [1.54, 1.807) is 0 Å². The molecule has 112 valence electrons. The maximum atomic E-state index is 12.7. The Hall–Kier alpha value is -1.58. The summed E-state index contributed by atoms with van der Waals surface area (Å²) >= 11 is 0. The molecular formula is C16H27N3O. The summed E-state index contributed by atoms with van der Waals surface area (Å²) in [5.74, 6) is 1.14. The van der Waals surface area contributed by atoms with Crippen LogP contribution in [-0.4, -0.2) is 35.4 Å². The summed E-state index contributed by atoms with van der Waals surface area (Å²) in [6.45, 7) is 11.2. The first kappa shape index (κ1) is 16.5. The third kappa shape index (κ3) is 3.95. The van der Waals surface area contributed by atoms with Crippen LogP contribution < -0.4 is 5.32 Å². The van der Waals surface area contributed by atoms with Gasteiger partial charge in [-0.05, 0) is 38.3 Å². The van der Waals surface area contributed by atoms with Crippen molar-refractivity contribution in [1.29, 1.82) is 0 Å². The third-order valence-electron chi connectivity index (χ3n) is 3.29. The molecule has 0 saturated heterocycles. The molecule has 1 heterocycles. The Morgan fingerprint density at radius 1 is 1.30 bits per heavy atom. The zero-order valence-corrected chi connectivity index (χ0v) is 13.5. The van der Waals surface area contributed by atoms with Crippen molar-refractivity contribution in [3.8, 4) is 0 Å². The first-order valence-electron chi connectivity index (χ1n) is 7.41. The summed E-state index contributed by atoms with van der Waals surface area (Å²) in [6.07, 6.45) is 0.963. The van der Waals surface area contributed by atoms with Gasteiger partial charge >= 0.3 is 0 Å². The van der Waals surface area contributed by atoms with Crippen molar-refractivity contribution in [2.75, 3.05) is 18.9 Å². The first-order chi connectivity index (χ1) is 9.40. The highest BCUT2D eigenvalue weighted by Crippen LogP contribution is 2.19. The van der Waals surface area contributed by atoms with Crippen molar-refractivity contribution in [3.05, 3.63) is 23.4 Å². The molecule has 20 heavy (non-hydrogen) atoms. The maximum absolute atomic E-state index is 12.7. The standard InChI is InChI=1S/C16H27N3O/c1-7-8-19(12(4)5)16(20)13-9-14(11(2)3)18-15(10-13)17-6/h9-12H,7-8H2,1-6H3,(H,17,18). The molecule has 0 aromatic carbocycles. The molecule has 4 nitrogen and oxygen atoms in total. The van der Waals surface area contributed by atoms with E-state index in [0.29, 0.717) is 5.92 Å². The Kier molecular flexibility index (Phi) is 5.99. The van der Waals surface area contributed by atoms with Gasteiger partial charge < -0.3 is 10.2 Å². The lowest BCUT2D eigenvalue weighted by Gasteiger charge is -2.26. The normalized spacial score (nSPS) is 11.0. The molecule has 1 N–H and O–H groups in total. The van der Waals surface area contributed by atoms with Crippen molar-refractivity contribution in [3.63, 3.8) is 0 Å². The molecular weight excluding hydrogens is 250 g/mol. The van der Waals surface area contributed by atoms with Crippen LogP contribution in [0.25, 0.3) is 0 Å². The number of nitrogens with one attached hydrogen (secondary N) is 1. The van der Waals surface area contributed by atoms with Crippen LogP contribution in [0, 0.1) is 0 Å². The summed E-state index contributed by atoms with van der Waals surface area (Å²) in [5, 5.41) is 3.04. The molecule has 0 aliphatic carbocycles. The zero-order chi connectivity index (χ0) is 15.3. The second kappa shape index (κ2) is 7.27. The van der Waals surface area contributed by atoms with Crippen LogP contribution in [0.3, 0.4) is 0 Å². The average molecular weight is 277 g/mol. The molecule has 1 aromatic heterocycles. The molecule has 0 atom stereocenters. The van der Waals surface area contributed by atoms with E-state index in [2.05, 4.69) is 44.9 Å². The molecule has 0 aliphatic rings. The molecule has 1 amide bonds. The van der Waals surface area contributed by atoms with Crippen LogP contribution >= 0.6 is 0 Å². The highest BCUT2D eigenvalue weighted by molar-refractivity contribution is 5.95. The first-order valence-corrected chi connectivity index (χ1v) is 7.41. The Morgan fingerprint density at radius 2 is 1.95 bits per heavy atom. The van der Waals surface area contributed by atoms with Gasteiger partial charge in [0.15, 0.2) is 0 Å². The summed E-state index contributed by atoms with van der Waals surface area (Å²) in [5.41, 5.74) is 1.66. The molecule has 0 saturated carbocycles. The Labute approximate surface area is 122 Å². The highest BCUT2D eigenvalue weighted by atomic mass is 16.2. The van der Waals surface area contributed by atoms with Gasteiger partial charge in [-0.2, -0.15) is 0 Å². The predicted octanol–water partition coefficient (Wildman–Crippen LogP) is 3.51. The van der Waals surface area contributed by atoms with Crippen LogP contribution in [0.2, 0.25) is 0 Å². The van der Waals surface area contributed by atoms with E-state index in [1.165, 1.54) is 0 Å². The van der Waals surface area contributed by atoms with Gasteiger partial charge in [-0.15, -0.1) is 0 Å². The summed E-state index contributed by atoms with van der Waals surface area (Å²) < 4.78 is 0. The van der Waals surface area contributed by atoms with E-state index in [1.807, 2.05) is 24.1 Å². The van der Waals surface area contributed by atoms with E-state index in [4.69, 9.17) is 0 Å². The SMILES string of the molecule is CCCN(C(=O)c1cc(NC)nc(C(C)C)c1)C(C)C. The minimum absolute atomic E-state index is 0.0858. The van der Waals surface area contributed by atoms with Gasteiger partial charge in [0.1, 0.15) is 5.82 Å². The molecule has 0 bridgehead atoms. The fraction of sp³-hybridized carbons (Fsp3) is 0.625. The smallest absolute Gasteiger partial charge is 0.254 e. The topological polar surface area (TPSA) is 45.2 Å². The van der Waals surface area contributed by atoms with Crippen LogP contribution in [0.4, 0.5) is 5.82 Å². The van der Waals surface area contributed by atoms with Crippen molar-refractivity contribution in [2.24, 2.45) is 0 Å². The second-order valence-electron chi connectivity index (χ2n) is 5.66. The molecule has 0 spiro atoms. The average Bonchev–Trinajstić information content (AvgIpc) is 2.42. The Morgan fingerprint density at radius 3 is 2.40 bits per heavy atom. The largest absolute Gasteiger partial charge is 0.373 e. The van der Waals surface area contributed by atoms with E-state index in [0.717, 1.165) is 30.0 Å². The number of anilines is 1. The van der Waals surface area contributed by atoms with Crippen molar-refractivity contribution in [2.45, 2.75) is 53.0 Å². The highest BCUT2D eigenvalue weighted by Gasteiger charge is 2.19. The van der Waals surface area contributed by atoms with Crippen LogP contribution in [0.1, 0.15) is 63.0 Å². The van der Waals surface area contributed by atoms with Crippen molar-refractivity contribution in [1.82, 2.24) is 9.88 Å². The van der Waals surface area contributed by atoms with E-state index in [-0.39, 0.29) is 11.9 Å². The van der Waals surface area contributed by atoms with E-state index < -0.39 is 0 Å². The number of carbonyl (C=O) groups excluding carboxylic acids is 1. The molecule has 0 unspecified atom stereocenters. The van der Waals surface area contributed by atoms with Gasteiger partial charge in [-0.1, -0.05) is 20.8 Å². The lowest BCUT2D eigenvalue weighted by atomic mass is 10.1. The quantitative estimate of drug-likeness (QED) is 0.865. The minimum atomic E-state index is 0.0858. The Bertz CT molecular complexity index is 455. The van der Waals surface area contributed by atoms with Gasteiger partial charge in [0.25, 0.3) is 5.91 Å². The molecule has 1 rings (SSSR count). The number of hydrogen-bond acceptors (Lipinski definition) is 3. The maximum Gasteiger partial charge on any atom is 0.254 e. The van der Waals surface area contributed by atoms with Crippen molar-refractivity contribution < 1.29 is 4.79 Å². The molecule has 0 fully saturated rings. The fourth-order valence-electron chi connectivity index (χ4n) is 2.10. The molecule has 0 aliphatic heterocycles. The zero-order valence-electron chi connectivity index (χ0n) is 13.5. The van der Waals surface area contributed by atoms with Crippen LogP contribution in [0.15, 0.2) is 12.1 Å². The third-order valence-corrected chi connectivity index (χ3v) is 3.29. The molecule has 4 heteroatoms. The van der Waals surface area contributed by atoms with Crippen LogP contribution in [-0.2, 0) is 0 Å². The van der Waals surface area contributed by atoms with Crippen molar-refractivity contribution >= 4 is 11.7 Å². The number of pyridine rings is 1. The lowest BCUT2D eigenvalue weighted by molar-refractivity contribution is 0.0705. The summed E-state index contributed by atoms with van der Waals surface area (Å²) in [7, 11) is 1.83. The van der Waals surface area contributed by atoms with Gasteiger partial charge in [-0.25, -0.2) is 4.98 Å². The number of hydrogen-bond donors (Lipinski definition) is 1. The number of nitrogens with zero attached hydrogens (tertiary/aromatic N) is 2. The minimum Gasteiger partial charge on any atom is -0.373 e. The Balaban J connectivity index is 3.16. The molecule has 1 aromatic rings. The van der Waals surface area contributed by atoms with Gasteiger partial charge in [-0.3, -0.25) is 4.79 Å². The number of aromatic nitrogens is 1. The summed E-state index contributed by atoms with van der Waals surface area (Å²) in [6, 6.07) is 3.95. The summed E-state index contributed by atoms with van der Waals surface area (Å²) in [4.78, 5) is 19.1. The van der Waals surface area contributed by atoms with Crippen LogP contribution in [0.5, 0.6) is 0 Å². The number of carbonyl (C=O) groups is 1. The van der Waals surface area contributed by atoms with Gasteiger partial charge in [0, 0.05) is 30.9 Å². The van der Waals surface area contributed by atoms with Gasteiger partial charge in [0.2, 0.25) is 0 Å². The fourth-order valence-corrected chi connectivity index (χ4v) is 2.10. The number of rotatable bonds is 6. The van der Waals surface area contributed by atoms with E-state index in [9.17, 15) is 4.79 Å². The lowest BCUT2D eigenvalue weighted by Crippen LogP contribution is -2.37. The van der Waals surface area contributed by atoms with Gasteiger partial charge in [0.05, 0.1) is 0 Å². The molecule has 0 radical (unpaired) electrons.